The van der Waals surface area contributed by atoms with Crippen LogP contribution in [0.4, 0.5) is 0 Å². The summed E-state index contributed by atoms with van der Waals surface area (Å²) >= 11 is 0. The third kappa shape index (κ3) is 5.97. The molecule has 0 bridgehead atoms. The van der Waals surface area contributed by atoms with Gasteiger partial charge in [0.15, 0.2) is 6.10 Å². The first-order chi connectivity index (χ1) is 12.4. The van der Waals surface area contributed by atoms with Gasteiger partial charge in [-0.1, -0.05) is 33.1 Å². The summed E-state index contributed by atoms with van der Waals surface area (Å²) in [6.07, 6.45) is 6.18. The summed E-state index contributed by atoms with van der Waals surface area (Å²) in [6, 6.07) is -0.592. The number of aliphatic hydroxyl groups is 1. The third-order valence-corrected chi connectivity index (χ3v) is 5.31. The zero-order valence-corrected chi connectivity index (χ0v) is 16.3. The van der Waals surface area contributed by atoms with Crippen LogP contribution in [0.15, 0.2) is 5.10 Å². The van der Waals surface area contributed by atoms with E-state index in [-0.39, 0.29) is 17.7 Å². The largest absolute Gasteiger partial charge is 0.381 e. The Morgan fingerprint density at radius 2 is 1.92 bits per heavy atom. The lowest BCUT2D eigenvalue weighted by Crippen LogP contribution is -2.52. The van der Waals surface area contributed by atoms with Crippen LogP contribution in [0.1, 0.15) is 65.2 Å². The Morgan fingerprint density at radius 1 is 1.23 bits per heavy atom. The fraction of sp³-hybridized carbons (Fsp3) is 0.842. The minimum Gasteiger partial charge on any atom is -0.381 e. The number of amides is 2. The zero-order valence-electron chi connectivity index (χ0n) is 16.3. The summed E-state index contributed by atoms with van der Waals surface area (Å²) in [5.74, 6) is 0.469. The molecule has 7 heteroatoms. The fourth-order valence-corrected chi connectivity index (χ4v) is 3.74. The van der Waals surface area contributed by atoms with Crippen molar-refractivity contribution in [3.8, 4) is 0 Å². The first-order valence-electron chi connectivity index (χ1n) is 9.94. The van der Waals surface area contributed by atoms with E-state index >= 15 is 0 Å². The molecule has 26 heavy (non-hydrogen) atoms. The van der Waals surface area contributed by atoms with E-state index in [2.05, 4.69) is 15.8 Å². The Balaban J connectivity index is 1.95. The van der Waals surface area contributed by atoms with E-state index in [4.69, 9.17) is 0 Å². The standard InChI is InChI=1S/C19H34N4O3/c1-13(2)12-15(20-18(25)14-8-5-4-6-9-14)17(24)19(26)22-21-16-10-7-11-23(16)3/h13-15,17,24H,4-12H2,1-3H3,(H,20,25)(H,22,26)/t15-,17?/m0/s1. The van der Waals surface area contributed by atoms with Crippen molar-refractivity contribution in [2.45, 2.75) is 77.4 Å². The van der Waals surface area contributed by atoms with Crippen molar-refractivity contribution in [1.29, 1.82) is 0 Å². The summed E-state index contributed by atoms with van der Waals surface area (Å²) < 4.78 is 0. The zero-order chi connectivity index (χ0) is 19.1. The predicted octanol–water partition coefficient (Wildman–Crippen LogP) is 1.61. The number of nitrogens with one attached hydrogen (secondary N) is 2. The van der Waals surface area contributed by atoms with E-state index in [1.165, 1.54) is 6.42 Å². The Hall–Kier alpha value is -1.63. The fourth-order valence-electron chi connectivity index (χ4n) is 3.74. The van der Waals surface area contributed by atoms with Crippen molar-refractivity contribution < 1.29 is 14.7 Å². The highest BCUT2D eigenvalue weighted by atomic mass is 16.3. The number of nitrogens with zero attached hydrogens (tertiary/aromatic N) is 2. The summed E-state index contributed by atoms with van der Waals surface area (Å²) in [5.41, 5.74) is 2.47. The number of amidine groups is 1. The smallest absolute Gasteiger partial charge is 0.271 e. The molecule has 1 saturated carbocycles. The van der Waals surface area contributed by atoms with Crippen molar-refractivity contribution >= 4 is 17.6 Å². The van der Waals surface area contributed by atoms with E-state index < -0.39 is 18.1 Å². The second kappa shape index (κ2) is 9.90. The van der Waals surface area contributed by atoms with Gasteiger partial charge in [-0.05, 0) is 31.6 Å². The monoisotopic (exact) mass is 366 g/mol. The van der Waals surface area contributed by atoms with Crippen molar-refractivity contribution in [3.63, 3.8) is 0 Å². The number of carbonyl (C=O) groups is 2. The van der Waals surface area contributed by atoms with Gasteiger partial charge in [0.25, 0.3) is 5.91 Å². The summed E-state index contributed by atoms with van der Waals surface area (Å²) in [7, 11) is 1.93. The van der Waals surface area contributed by atoms with Crippen LogP contribution in [0.25, 0.3) is 0 Å². The average molecular weight is 367 g/mol. The van der Waals surface area contributed by atoms with E-state index in [1.807, 2.05) is 25.8 Å². The van der Waals surface area contributed by atoms with Crippen molar-refractivity contribution in [2.24, 2.45) is 16.9 Å². The van der Waals surface area contributed by atoms with Gasteiger partial charge < -0.3 is 15.3 Å². The van der Waals surface area contributed by atoms with Gasteiger partial charge in [-0.15, -0.1) is 0 Å². The van der Waals surface area contributed by atoms with Crippen LogP contribution in [0.3, 0.4) is 0 Å². The Morgan fingerprint density at radius 3 is 2.50 bits per heavy atom. The molecule has 148 valence electrons. The van der Waals surface area contributed by atoms with E-state index in [0.717, 1.165) is 50.9 Å². The minimum absolute atomic E-state index is 0.000977. The third-order valence-electron chi connectivity index (χ3n) is 5.31. The topological polar surface area (TPSA) is 94.0 Å². The van der Waals surface area contributed by atoms with E-state index in [1.54, 1.807) is 0 Å². The lowest BCUT2D eigenvalue weighted by atomic mass is 9.88. The van der Waals surface area contributed by atoms with E-state index in [9.17, 15) is 14.7 Å². The highest BCUT2D eigenvalue weighted by Crippen LogP contribution is 2.24. The maximum absolute atomic E-state index is 12.5. The number of aliphatic hydroxyl groups excluding tert-OH is 1. The molecule has 1 unspecified atom stereocenters. The van der Waals surface area contributed by atoms with Gasteiger partial charge in [-0.2, -0.15) is 5.10 Å². The minimum atomic E-state index is -1.30. The molecule has 1 aliphatic carbocycles. The number of hydrogen-bond acceptors (Lipinski definition) is 4. The summed E-state index contributed by atoms with van der Waals surface area (Å²) in [6.45, 7) is 4.95. The molecular formula is C19H34N4O3. The van der Waals surface area contributed by atoms with Gasteiger partial charge in [0.2, 0.25) is 5.91 Å². The van der Waals surface area contributed by atoms with Crippen molar-refractivity contribution in [2.75, 3.05) is 13.6 Å². The number of likely N-dealkylation sites (tertiary alicyclic amines) is 1. The Kier molecular flexibility index (Phi) is 7.87. The second-order valence-corrected chi connectivity index (χ2v) is 8.05. The normalized spacial score (nSPS) is 22.5. The molecule has 2 fully saturated rings. The lowest BCUT2D eigenvalue weighted by molar-refractivity contribution is -0.133. The second-order valence-electron chi connectivity index (χ2n) is 8.05. The van der Waals surface area contributed by atoms with Crippen LogP contribution in [0.2, 0.25) is 0 Å². The molecule has 3 N–H and O–H groups in total. The molecule has 0 aromatic heterocycles. The van der Waals surface area contributed by atoms with Crippen molar-refractivity contribution in [3.05, 3.63) is 0 Å². The average Bonchev–Trinajstić information content (AvgIpc) is 3.03. The van der Waals surface area contributed by atoms with Crippen LogP contribution < -0.4 is 10.7 Å². The molecule has 1 saturated heterocycles. The Bertz CT molecular complexity index is 515. The highest BCUT2D eigenvalue weighted by molar-refractivity contribution is 5.87. The number of hydrazone groups is 1. The predicted molar refractivity (Wildman–Crippen MR) is 101 cm³/mol. The maximum Gasteiger partial charge on any atom is 0.271 e. The number of carbonyl (C=O) groups excluding carboxylic acids is 2. The van der Waals surface area contributed by atoms with Gasteiger partial charge in [-0.25, -0.2) is 5.43 Å². The first-order valence-corrected chi connectivity index (χ1v) is 9.94. The van der Waals surface area contributed by atoms with Gasteiger partial charge in [0, 0.05) is 25.9 Å². The molecule has 7 nitrogen and oxygen atoms in total. The van der Waals surface area contributed by atoms with Gasteiger partial charge in [0.05, 0.1) is 6.04 Å². The van der Waals surface area contributed by atoms with Crippen LogP contribution in [-0.2, 0) is 9.59 Å². The molecular weight excluding hydrogens is 332 g/mol. The molecule has 0 spiro atoms. The molecule has 0 radical (unpaired) electrons. The maximum atomic E-state index is 12.5. The van der Waals surface area contributed by atoms with Crippen LogP contribution in [-0.4, -0.2) is 53.4 Å². The van der Waals surface area contributed by atoms with Gasteiger partial charge >= 0.3 is 0 Å². The number of hydrogen-bond donors (Lipinski definition) is 3. The molecule has 0 aromatic carbocycles. The van der Waals surface area contributed by atoms with Crippen LogP contribution in [0.5, 0.6) is 0 Å². The first kappa shape index (κ1) is 20.7. The van der Waals surface area contributed by atoms with Crippen LogP contribution >= 0.6 is 0 Å². The molecule has 2 rings (SSSR count). The molecule has 2 amide bonds. The Labute approximate surface area is 156 Å². The SMILES string of the molecule is CC(C)C[C@H](NC(=O)C1CCCCC1)C(O)C(=O)NN=C1CCCN1C. The van der Waals surface area contributed by atoms with E-state index in [0.29, 0.717) is 6.42 Å². The van der Waals surface area contributed by atoms with Gasteiger partial charge in [-0.3, -0.25) is 9.59 Å². The quantitative estimate of drug-likeness (QED) is 0.597. The summed E-state index contributed by atoms with van der Waals surface area (Å²) in [5, 5.41) is 17.6. The highest BCUT2D eigenvalue weighted by Gasteiger charge is 2.31. The van der Waals surface area contributed by atoms with Crippen molar-refractivity contribution in [1.82, 2.24) is 15.6 Å². The number of rotatable bonds is 7. The molecule has 1 heterocycles. The van der Waals surface area contributed by atoms with Gasteiger partial charge in [0.1, 0.15) is 5.84 Å². The molecule has 0 aromatic rings. The molecule has 2 atom stereocenters. The lowest BCUT2D eigenvalue weighted by Gasteiger charge is -2.28. The molecule has 2 aliphatic rings. The molecule has 1 aliphatic heterocycles. The summed E-state index contributed by atoms with van der Waals surface area (Å²) in [4.78, 5) is 26.9. The van der Waals surface area contributed by atoms with Crippen LogP contribution in [0, 0.1) is 11.8 Å².